The normalized spacial score (nSPS) is 30.7. The van der Waals surface area contributed by atoms with Gasteiger partial charge in [0.1, 0.15) is 0 Å². The van der Waals surface area contributed by atoms with Crippen molar-refractivity contribution in [3.8, 4) is 11.1 Å². The summed E-state index contributed by atoms with van der Waals surface area (Å²) in [5, 5.41) is 0. The quantitative estimate of drug-likeness (QED) is 0.324. The maximum absolute atomic E-state index is 2.66. The molecular weight excluding hydrogens is 553 g/mol. The molecule has 0 amide bonds. The van der Waals surface area contributed by atoms with Crippen LogP contribution in [-0.4, -0.2) is 0 Å². The second-order valence-corrected chi connectivity index (χ2v) is 18.2. The SMILES string of the molecule is CC(C)(C)c1ccc(-c2ccc(C(C)(C)C)cc2C2CC3C=CC4=C(CCCC4)C3C2)c(C2CC3C=CC4=C(CCCC4)C3C2)c1. The Morgan fingerprint density at radius 3 is 1.33 bits per heavy atom. The molecule has 6 unspecified atom stereocenters. The first-order chi connectivity index (χ1) is 22.0. The van der Waals surface area contributed by atoms with Crippen LogP contribution in [0.1, 0.15) is 153 Å². The minimum absolute atomic E-state index is 0.148. The molecule has 0 nitrogen and oxygen atoms in total. The molecule has 2 saturated carbocycles. The number of hydrogen-bond acceptors (Lipinski definition) is 0. The summed E-state index contributed by atoms with van der Waals surface area (Å²) >= 11 is 0. The highest BCUT2D eigenvalue weighted by molar-refractivity contribution is 5.74. The van der Waals surface area contributed by atoms with Gasteiger partial charge in [-0.15, -0.1) is 0 Å². The molecule has 0 saturated heterocycles. The van der Waals surface area contributed by atoms with Gasteiger partial charge < -0.3 is 0 Å². The molecule has 0 bridgehead atoms. The second kappa shape index (κ2) is 11.5. The summed E-state index contributed by atoms with van der Waals surface area (Å²) in [7, 11) is 0. The highest BCUT2D eigenvalue weighted by Gasteiger charge is 2.42. The largest absolute Gasteiger partial charge is 0.0805 e. The molecule has 0 heteroatoms. The first kappa shape index (κ1) is 30.7. The van der Waals surface area contributed by atoms with Crippen LogP contribution in [0.4, 0.5) is 0 Å². The molecule has 6 atom stereocenters. The number of hydrogen-bond donors (Lipinski definition) is 0. The summed E-state index contributed by atoms with van der Waals surface area (Å²) in [5.74, 6) is 4.23. The third-order valence-electron chi connectivity index (χ3n) is 13.3. The predicted molar refractivity (Wildman–Crippen MR) is 196 cm³/mol. The molecule has 6 aliphatic rings. The van der Waals surface area contributed by atoms with E-state index in [1.165, 1.54) is 99.3 Å². The molecule has 8 rings (SSSR count). The topological polar surface area (TPSA) is 0 Å². The highest BCUT2D eigenvalue weighted by Crippen LogP contribution is 2.56. The van der Waals surface area contributed by atoms with E-state index in [0.29, 0.717) is 11.8 Å². The predicted octanol–water partition coefficient (Wildman–Crippen LogP) is 13.0. The number of allylic oxidation sites excluding steroid dienone is 8. The standard InChI is InChI=1S/C46H58/c1-45(2,3)35-19-21-39(43(27-35)33-23-31-17-15-29-11-7-9-13-37(29)41(31)25-33)40-22-20-36(46(4,5)6)28-44(40)34-24-32-18-16-30-12-8-10-14-38(30)42(32)26-34/h15-22,27-28,31-34,41-42H,7-14,23-26H2,1-6H3. The van der Waals surface area contributed by atoms with Crippen molar-refractivity contribution in [2.24, 2.45) is 23.7 Å². The summed E-state index contributed by atoms with van der Waals surface area (Å²) < 4.78 is 0. The number of rotatable bonds is 3. The molecule has 0 radical (unpaired) electrons. The smallest absolute Gasteiger partial charge is 0.0128 e. The van der Waals surface area contributed by atoms with E-state index >= 15 is 0 Å². The first-order valence-electron chi connectivity index (χ1n) is 19.1. The average molecular weight is 611 g/mol. The Morgan fingerprint density at radius 1 is 0.500 bits per heavy atom. The molecule has 242 valence electrons. The first-order valence-corrected chi connectivity index (χ1v) is 19.1. The summed E-state index contributed by atoms with van der Waals surface area (Å²) in [6.45, 7) is 14.4. The minimum atomic E-state index is 0.148. The lowest BCUT2D eigenvalue weighted by Gasteiger charge is -2.30. The van der Waals surface area contributed by atoms with Crippen LogP contribution in [0.15, 0.2) is 83.0 Å². The molecule has 0 aliphatic heterocycles. The van der Waals surface area contributed by atoms with Crippen molar-refractivity contribution >= 4 is 0 Å². The van der Waals surface area contributed by atoms with Gasteiger partial charge in [-0.1, -0.05) is 113 Å². The Morgan fingerprint density at radius 2 is 0.913 bits per heavy atom. The Kier molecular flexibility index (Phi) is 7.70. The molecule has 0 N–H and O–H groups in total. The van der Waals surface area contributed by atoms with Gasteiger partial charge in [0.25, 0.3) is 0 Å². The fourth-order valence-electron chi connectivity index (χ4n) is 10.7. The van der Waals surface area contributed by atoms with Gasteiger partial charge >= 0.3 is 0 Å². The van der Waals surface area contributed by atoms with Crippen LogP contribution in [-0.2, 0) is 10.8 Å². The van der Waals surface area contributed by atoms with Crippen LogP contribution in [0.25, 0.3) is 11.1 Å². The minimum Gasteiger partial charge on any atom is -0.0805 e. The zero-order chi connectivity index (χ0) is 31.8. The lowest BCUT2D eigenvalue weighted by Crippen LogP contribution is -2.16. The van der Waals surface area contributed by atoms with Crippen LogP contribution in [0, 0.1) is 23.7 Å². The molecule has 2 aromatic rings. The van der Waals surface area contributed by atoms with E-state index in [1.807, 2.05) is 11.1 Å². The summed E-state index contributed by atoms with van der Waals surface area (Å²) in [6, 6.07) is 15.4. The number of fused-ring (bicyclic) bond motifs is 4. The monoisotopic (exact) mass is 610 g/mol. The lowest BCUT2D eigenvalue weighted by atomic mass is 9.75. The van der Waals surface area contributed by atoms with E-state index in [2.05, 4.69) is 102 Å². The molecule has 0 heterocycles. The third-order valence-corrected chi connectivity index (χ3v) is 13.3. The van der Waals surface area contributed by atoms with Gasteiger partial charge in [0.05, 0.1) is 0 Å². The van der Waals surface area contributed by atoms with E-state index in [9.17, 15) is 0 Å². The Balaban J connectivity index is 1.22. The van der Waals surface area contributed by atoms with Gasteiger partial charge in [0.2, 0.25) is 0 Å². The van der Waals surface area contributed by atoms with Crippen LogP contribution in [0.2, 0.25) is 0 Å². The third kappa shape index (κ3) is 5.44. The summed E-state index contributed by atoms with van der Waals surface area (Å²) in [4.78, 5) is 0. The molecular formula is C46H58. The van der Waals surface area contributed by atoms with Crippen LogP contribution >= 0.6 is 0 Å². The van der Waals surface area contributed by atoms with Gasteiger partial charge in [-0.25, -0.2) is 0 Å². The van der Waals surface area contributed by atoms with E-state index in [0.717, 1.165) is 23.7 Å². The van der Waals surface area contributed by atoms with Gasteiger partial charge in [-0.05, 0) is 168 Å². The Labute approximate surface area is 280 Å². The molecule has 6 aliphatic carbocycles. The van der Waals surface area contributed by atoms with E-state index in [4.69, 9.17) is 0 Å². The van der Waals surface area contributed by atoms with Gasteiger partial charge in [-0.3, -0.25) is 0 Å². The molecule has 46 heavy (non-hydrogen) atoms. The molecule has 2 aromatic carbocycles. The molecule has 0 aromatic heterocycles. The van der Waals surface area contributed by atoms with Gasteiger partial charge in [0, 0.05) is 0 Å². The van der Waals surface area contributed by atoms with Crippen molar-refractivity contribution in [2.45, 2.75) is 141 Å². The van der Waals surface area contributed by atoms with Crippen molar-refractivity contribution in [3.05, 3.63) is 105 Å². The zero-order valence-corrected chi connectivity index (χ0v) is 29.7. The van der Waals surface area contributed by atoms with Crippen LogP contribution < -0.4 is 0 Å². The van der Waals surface area contributed by atoms with Gasteiger partial charge in [-0.2, -0.15) is 0 Å². The average Bonchev–Trinajstić information content (AvgIpc) is 3.69. The van der Waals surface area contributed by atoms with Crippen molar-refractivity contribution < 1.29 is 0 Å². The Bertz CT molecular complexity index is 1510. The van der Waals surface area contributed by atoms with Gasteiger partial charge in [0.15, 0.2) is 0 Å². The maximum Gasteiger partial charge on any atom is -0.0128 e. The van der Waals surface area contributed by atoms with E-state index in [1.54, 1.807) is 22.3 Å². The van der Waals surface area contributed by atoms with Crippen molar-refractivity contribution in [3.63, 3.8) is 0 Å². The van der Waals surface area contributed by atoms with Crippen molar-refractivity contribution in [2.75, 3.05) is 0 Å². The summed E-state index contributed by atoms with van der Waals surface area (Å²) in [5.41, 5.74) is 16.7. The van der Waals surface area contributed by atoms with Crippen molar-refractivity contribution in [1.29, 1.82) is 0 Å². The maximum atomic E-state index is 2.66. The fraction of sp³-hybridized carbons (Fsp3) is 0.565. The lowest BCUT2D eigenvalue weighted by molar-refractivity contribution is 0.473. The fourth-order valence-corrected chi connectivity index (χ4v) is 10.7. The summed E-state index contributed by atoms with van der Waals surface area (Å²) in [6.07, 6.45) is 26.5. The second-order valence-electron chi connectivity index (χ2n) is 18.2. The Hall–Kier alpha value is -2.60. The van der Waals surface area contributed by atoms with Crippen LogP contribution in [0.5, 0.6) is 0 Å². The number of benzene rings is 2. The molecule has 0 spiro atoms. The van der Waals surface area contributed by atoms with E-state index < -0.39 is 0 Å². The van der Waals surface area contributed by atoms with Crippen LogP contribution in [0.3, 0.4) is 0 Å². The zero-order valence-electron chi connectivity index (χ0n) is 29.7. The molecule has 2 fully saturated rings. The van der Waals surface area contributed by atoms with E-state index in [-0.39, 0.29) is 10.8 Å². The highest BCUT2D eigenvalue weighted by atomic mass is 14.5. The van der Waals surface area contributed by atoms with Crippen molar-refractivity contribution in [1.82, 2.24) is 0 Å².